The average molecular weight is 348 g/mol. The Balaban J connectivity index is 1.39. The van der Waals surface area contributed by atoms with Crippen molar-refractivity contribution in [1.82, 2.24) is 10.6 Å². The van der Waals surface area contributed by atoms with Crippen molar-refractivity contribution in [3.05, 3.63) is 35.9 Å². The van der Waals surface area contributed by atoms with E-state index in [0.717, 1.165) is 19.3 Å². The third-order valence-electron chi connectivity index (χ3n) is 4.82. The van der Waals surface area contributed by atoms with Crippen LogP contribution in [0.15, 0.2) is 30.3 Å². The smallest absolute Gasteiger partial charge is 0.222 e. The van der Waals surface area contributed by atoms with Gasteiger partial charge >= 0.3 is 0 Å². The molecule has 25 heavy (non-hydrogen) atoms. The summed E-state index contributed by atoms with van der Waals surface area (Å²) in [6.45, 7) is 1.95. The number of fused-ring (bicyclic) bond motifs is 1. The van der Waals surface area contributed by atoms with E-state index < -0.39 is 6.10 Å². The zero-order valence-electron chi connectivity index (χ0n) is 14.5. The molecule has 1 aromatic rings. The molecule has 2 fully saturated rings. The zero-order valence-corrected chi connectivity index (χ0v) is 14.5. The van der Waals surface area contributed by atoms with Gasteiger partial charge in [0.1, 0.15) is 0 Å². The van der Waals surface area contributed by atoms with Crippen LogP contribution in [0.1, 0.15) is 24.8 Å². The summed E-state index contributed by atoms with van der Waals surface area (Å²) in [5.41, 5.74) is 1.22. The minimum Gasteiger partial charge on any atom is -0.389 e. The lowest BCUT2D eigenvalue weighted by atomic mass is 9.96. The van der Waals surface area contributed by atoms with Gasteiger partial charge in [-0.15, -0.1) is 0 Å². The summed E-state index contributed by atoms with van der Waals surface area (Å²) < 4.78 is 11.6. The minimum absolute atomic E-state index is 0.0366. The summed E-state index contributed by atoms with van der Waals surface area (Å²) in [6.07, 6.45) is 2.42. The lowest BCUT2D eigenvalue weighted by Gasteiger charge is -2.38. The lowest BCUT2D eigenvalue weighted by Crippen LogP contribution is -2.53. The maximum absolute atomic E-state index is 12.2. The molecule has 0 aliphatic carbocycles. The maximum atomic E-state index is 12.2. The number of nitrogens with one attached hydrogen (secondary N) is 2. The molecular formula is C19H28N2O4. The number of aliphatic hydroxyl groups is 1. The van der Waals surface area contributed by atoms with E-state index in [4.69, 9.17) is 9.47 Å². The molecule has 0 spiro atoms. The number of benzene rings is 1. The van der Waals surface area contributed by atoms with Crippen LogP contribution < -0.4 is 10.6 Å². The first-order chi connectivity index (χ1) is 12.2. The molecule has 0 saturated carbocycles. The highest BCUT2D eigenvalue weighted by Crippen LogP contribution is 2.23. The number of carbonyl (C=O) groups excluding carboxylic acids is 1. The molecular weight excluding hydrogens is 320 g/mol. The van der Waals surface area contributed by atoms with Gasteiger partial charge in [0, 0.05) is 19.1 Å². The van der Waals surface area contributed by atoms with Crippen LogP contribution in [0, 0.1) is 0 Å². The second-order valence-electron chi connectivity index (χ2n) is 6.87. The van der Waals surface area contributed by atoms with Gasteiger partial charge in [0.05, 0.1) is 37.9 Å². The molecule has 2 aliphatic heterocycles. The second-order valence-corrected chi connectivity index (χ2v) is 6.87. The van der Waals surface area contributed by atoms with Gasteiger partial charge < -0.3 is 25.2 Å². The van der Waals surface area contributed by atoms with Crippen LogP contribution in [0.3, 0.4) is 0 Å². The van der Waals surface area contributed by atoms with E-state index in [2.05, 4.69) is 22.8 Å². The Labute approximate surface area is 148 Å². The van der Waals surface area contributed by atoms with Crippen molar-refractivity contribution in [2.75, 3.05) is 26.3 Å². The Kier molecular flexibility index (Phi) is 6.81. The average Bonchev–Trinajstić information content (AvgIpc) is 2.60. The maximum Gasteiger partial charge on any atom is 0.222 e. The van der Waals surface area contributed by atoms with Gasteiger partial charge in [-0.2, -0.15) is 0 Å². The standard InChI is InChI=1S/C19H28N2O4/c22-15-11-21-17-7-6-16(25-18(17)13-24-12-15)10-19(23)20-9-8-14-4-2-1-3-5-14/h1-5,15-18,21-22H,6-13H2,(H,20,23)/t15-,16+,17+,18-/m1/s1. The second kappa shape index (κ2) is 9.29. The molecule has 0 radical (unpaired) electrons. The Morgan fingerprint density at radius 3 is 2.92 bits per heavy atom. The number of amides is 1. The molecule has 2 saturated heterocycles. The molecule has 2 aliphatic rings. The molecule has 0 bridgehead atoms. The molecule has 0 unspecified atom stereocenters. The summed E-state index contributed by atoms with van der Waals surface area (Å²) in [6, 6.07) is 10.3. The van der Waals surface area contributed by atoms with Crippen molar-refractivity contribution in [1.29, 1.82) is 0 Å². The summed E-state index contributed by atoms with van der Waals surface area (Å²) in [4.78, 5) is 12.2. The Morgan fingerprint density at radius 1 is 1.24 bits per heavy atom. The van der Waals surface area contributed by atoms with Crippen LogP contribution in [0.25, 0.3) is 0 Å². The highest BCUT2D eigenvalue weighted by atomic mass is 16.5. The van der Waals surface area contributed by atoms with Gasteiger partial charge in [-0.25, -0.2) is 0 Å². The van der Waals surface area contributed by atoms with Crippen molar-refractivity contribution < 1.29 is 19.4 Å². The van der Waals surface area contributed by atoms with E-state index in [0.29, 0.717) is 32.7 Å². The predicted molar refractivity (Wildman–Crippen MR) is 94.3 cm³/mol. The molecule has 6 heteroatoms. The summed E-state index contributed by atoms with van der Waals surface area (Å²) in [5.74, 6) is 0.0366. The Bertz CT molecular complexity index is 539. The van der Waals surface area contributed by atoms with Crippen LogP contribution in [0.5, 0.6) is 0 Å². The Hall–Kier alpha value is -1.47. The number of hydrogen-bond donors (Lipinski definition) is 3. The van der Waals surface area contributed by atoms with Gasteiger partial charge in [-0.3, -0.25) is 4.79 Å². The molecule has 3 N–H and O–H groups in total. The third kappa shape index (κ3) is 5.78. The van der Waals surface area contributed by atoms with Gasteiger partial charge in [0.2, 0.25) is 5.91 Å². The van der Waals surface area contributed by atoms with Gasteiger partial charge in [-0.1, -0.05) is 30.3 Å². The first-order valence-corrected chi connectivity index (χ1v) is 9.16. The van der Waals surface area contributed by atoms with Gasteiger partial charge in [-0.05, 0) is 24.8 Å². The summed E-state index contributed by atoms with van der Waals surface area (Å²) in [7, 11) is 0. The fourth-order valence-electron chi connectivity index (χ4n) is 3.44. The predicted octanol–water partition coefficient (Wildman–Crippen LogP) is 0.632. The SMILES string of the molecule is O=C(C[C@@H]1CC[C@@H]2NC[C@@H](O)COC[C@H]2O1)NCCc1ccccc1. The molecule has 138 valence electrons. The fraction of sp³-hybridized carbons (Fsp3) is 0.632. The van der Waals surface area contributed by atoms with Crippen LogP contribution in [-0.2, 0) is 20.7 Å². The van der Waals surface area contributed by atoms with Crippen LogP contribution in [0.4, 0.5) is 0 Å². The molecule has 1 aromatic carbocycles. The van der Waals surface area contributed by atoms with E-state index in [-0.39, 0.29) is 24.2 Å². The number of β-amino-alcohol motifs (C(OH)–C–C–N with tert-alkyl or cyclic N) is 1. The minimum atomic E-state index is -0.464. The number of aliphatic hydroxyl groups excluding tert-OH is 1. The fourth-order valence-corrected chi connectivity index (χ4v) is 3.44. The molecule has 6 nitrogen and oxygen atoms in total. The van der Waals surface area contributed by atoms with Gasteiger partial charge in [0.15, 0.2) is 0 Å². The first kappa shape index (κ1) is 18.3. The van der Waals surface area contributed by atoms with E-state index >= 15 is 0 Å². The molecule has 1 amide bonds. The molecule has 4 atom stereocenters. The molecule has 2 heterocycles. The number of rotatable bonds is 5. The lowest BCUT2D eigenvalue weighted by molar-refractivity contribution is -0.137. The highest BCUT2D eigenvalue weighted by molar-refractivity contribution is 5.76. The largest absolute Gasteiger partial charge is 0.389 e. The highest BCUT2D eigenvalue weighted by Gasteiger charge is 2.33. The first-order valence-electron chi connectivity index (χ1n) is 9.16. The normalized spacial score (nSPS) is 30.0. The van der Waals surface area contributed by atoms with Crippen molar-refractivity contribution >= 4 is 5.91 Å². The van der Waals surface area contributed by atoms with Crippen LogP contribution in [-0.4, -0.2) is 61.7 Å². The third-order valence-corrected chi connectivity index (χ3v) is 4.82. The summed E-state index contributed by atoms with van der Waals surface area (Å²) in [5, 5.41) is 16.0. The Morgan fingerprint density at radius 2 is 2.08 bits per heavy atom. The van der Waals surface area contributed by atoms with E-state index in [1.165, 1.54) is 5.56 Å². The van der Waals surface area contributed by atoms with E-state index in [1.54, 1.807) is 0 Å². The zero-order chi connectivity index (χ0) is 17.5. The van der Waals surface area contributed by atoms with Crippen molar-refractivity contribution in [3.63, 3.8) is 0 Å². The molecule has 0 aromatic heterocycles. The number of hydrogen-bond acceptors (Lipinski definition) is 5. The summed E-state index contributed by atoms with van der Waals surface area (Å²) >= 11 is 0. The topological polar surface area (TPSA) is 79.8 Å². The quantitative estimate of drug-likeness (QED) is 0.727. The van der Waals surface area contributed by atoms with E-state index in [1.807, 2.05) is 18.2 Å². The number of carbonyl (C=O) groups is 1. The van der Waals surface area contributed by atoms with Gasteiger partial charge in [0.25, 0.3) is 0 Å². The monoisotopic (exact) mass is 348 g/mol. The van der Waals surface area contributed by atoms with E-state index in [9.17, 15) is 9.90 Å². The van der Waals surface area contributed by atoms with Crippen molar-refractivity contribution in [2.24, 2.45) is 0 Å². The van der Waals surface area contributed by atoms with Crippen molar-refractivity contribution in [3.8, 4) is 0 Å². The van der Waals surface area contributed by atoms with Crippen LogP contribution in [0.2, 0.25) is 0 Å². The number of ether oxygens (including phenoxy) is 2. The molecule has 3 rings (SSSR count). The van der Waals surface area contributed by atoms with Crippen molar-refractivity contribution in [2.45, 2.75) is 50.0 Å². The van der Waals surface area contributed by atoms with Crippen LogP contribution >= 0.6 is 0 Å².